The monoisotopic (exact) mass is 339 g/mol. The minimum absolute atomic E-state index is 0.222. The SMILES string of the molecule is CC(C)Oc1ccc(CNCc2sccc2Br)cc1. The standard InChI is InChI=1S/C15H18BrNOS/c1-11(2)18-13-5-3-12(4-6-13)9-17-10-15-14(16)7-8-19-15/h3-8,11,17H,9-10H2,1-2H3. The van der Waals surface area contributed by atoms with Crippen molar-refractivity contribution in [1.29, 1.82) is 0 Å². The van der Waals surface area contributed by atoms with Gasteiger partial charge in [-0.15, -0.1) is 11.3 Å². The lowest BCUT2D eigenvalue weighted by Crippen LogP contribution is -2.12. The molecule has 2 aromatic rings. The van der Waals surface area contributed by atoms with Crippen LogP contribution in [-0.4, -0.2) is 6.10 Å². The summed E-state index contributed by atoms with van der Waals surface area (Å²) >= 11 is 5.30. The average Bonchev–Trinajstić information content (AvgIpc) is 2.77. The molecule has 1 aromatic heterocycles. The summed E-state index contributed by atoms with van der Waals surface area (Å²) < 4.78 is 6.81. The van der Waals surface area contributed by atoms with Crippen LogP contribution < -0.4 is 10.1 Å². The van der Waals surface area contributed by atoms with Crippen molar-refractivity contribution in [3.8, 4) is 5.75 Å². The number of benzene rings is 1. The van der Waals surface area contributed by atoms with Crippen molar-refractivity contribution in [1.82, 2.24) is 5.32 Å². The molecule has 1 aromatic carbocycles. The molecule has 0 amide bonds. The summed E-state index contributed by atoms with van der Waals surface area (Å²) in [4.78, 5) is 1.33. The topological polar surface area (TPSA) is 21.3 Å². The number of ether oxygens (including phenoxy) is 1. The fourth-order valence-corrected chi connectivity index (χ4v) is 3.19. The Labute approximate surface area is 126 Å². The molecule has 1 heterocycles. The van der Waals surface area contributed by atoms with E-state index in [4.69, 9.17) is 4.74 Å². The number of nitrogens with one attached hydrogen (secondary N) is 1. The van der Waals surface area contributed by atoms with Gasteiger partial charge in [-0.2, -0.15) is 0 Å². The molecular formula is C15H18BrNOS. The molecule has 102 valence electrons. The molecular weight excluding hydrogens is 322 g/mol. The van der Waals surface area contributed by atoms with E-state index in [0.717, 1.165) is 18.8 Å². The lowest BCUT2D eigenvalue weighted by molar-refractivity contribution is 0.242. The maximum Gasteiger partial charge on any atom is 0.119 e. The summed E-state index contributed by atoms with van der Waals surface area (Å²) in [5, 5.41) is 5.54. The second-order valence-electron chi connectivity index (χ2n) is 4.61. The number of hydrogen-bond acceptors (Lipinski definition) is 3. The smallest absolute Gasteiger partial charge is 0.119 e. The average molecular weight is 340 g/mol. The number of rotatable bonds is 6. The van der Waals surface area contributed by atoms with Crippen LogP contribution >= 0.6 is 27.3 Å². The van der Waals surface area contributed by atoms with Gasteiger partial charge in [-0.05, 0) is 58.9 Å². The number of thiophene rings is 1. The first-order valence-corrected chi connectivity index (χ1v) is 8.00. The lowest BCUT2D eigenvalue weighted by Gasteiger charge is -2.10. The van der Waals surface area contributed by atoms with Crippen LogP contribution in [0.15, 0.2) is 40.2 Å². The van der Waals surface area contributed by atoms with Gasteiger partial charge in [0.2, 0.25) is 0 Å². The first kappa shape index (κ1) is 14.6. The summed E-state index contributed by atoms with van der Waals surface area (Å²) in [6, 6.07) is 10.3. The third-order valence-corrected chi connectivity index (χ3v) is 4.53. The molecule has 0 saturated heterocycles. The molecule has 0 atom stereocenters. The zero-order chi connectivity index (χ0) is 13.7. The van der Waals surface area contributed by atoms with Gasteiger partial charge in [-0.3, -0.25) is 0 Å². The van der Waals surface area contributed by atoms with Gasteiger partial charge in [-0.1, -0.05) is 12.1 Å². The second kappa shape index (κ2) is 7.08. The lowest BCUT2D eigenvalue weighted by atomic mass is 10.2. The van der Waals surface area contributed by atoms with E-state index in [2.05, 4.69) is 44.8 Å². The molecule has 0 aliphatic rings. The highest BCUT2D eigenvalue weighted by molar-refractivity contribution is 9.10. The van der Waals surface area contributed by atoms with Gasteiger partial charge in [0.1, 0.15) is 5.75 Å². The first-order valence-electron chi connectivity index (χ1n) is 6.33. The van der Waals surface area contributed by atoms with Crippen LogP contribution in [0, 0.1) is 0 Å². The van der Waals surface area contributed by atoms with Crippen molar-refractivity contribution < 1.29 is 4.74 Å². The van der Waals surface area contributed by atoms with Crippen molar-refractivity contribution in [2.24, 2.45) is 0 Å². The summed E-state index contributed by atoms with van der Waals surface area (Å²) in [6.45, 7) is 5.83. The minimum Gasteiger partial charge on any atom is -0.491 e. The van der Waals surface area contributed by atoms with Crippen molar-refractivity contribution in [2.75, 3.05) is 0 Å². The highest BCUT2D eigenvalue weighted by atomic mass is 79.9. The van der Waals surface area contributed by atoms with E-state index < -0.39 is 0 Å². The Bertz CT molecular complexity index is 507. The third-order valence-electron chi connectivity index (χ3n) is 2.60. The minimum atomic E-state index is 0.222. The van der Waals surface area contributed by atoms with E-state index in [0.29, 0.717) is 0 Å². The Kier molecular flexibility index (Phi) is 5.43. The molecule has 0 unspecified atom stereocenters. The second-order valence-corrected chi connectivity index (χ2v) is 6.46. The fourth-order valence-electron chi connectivity index (χ4n) is 1.73. The van der Waals surface area contributed by atoms with Crippen LogP contribution in [0.2, 0.25) is 0 Å². The normalized spacial score (nSPS) is 10.9. The Hall–Kier alpha value is -0.840. The van der Waals surface area contributed by atoms with Gasteiger partial charge in [-0.25, -0.2) is 0 Å². The van der Waals surface area contributed by atoms with Gasteiger partial charge < -0.3 is 10.1 Å². The van der Waals surface area contributed by atoms with Crippen molar-refractivity contribution >= 4 is 27.3 Å². The third kappa shape index (κ3) is 4.64. The molecule has 0 aliphatic heterocycles. The van der Waals surface area contributed by atoms with E-state index in [1.807, 2.05) is 26.0 Å². The zero-order valence-electron chi connectivity index (χ0n) is 11.2. The van der Waals surface area contributed by atoms with Crippen molar-refractivity contribution in [3.05, 3.63) is 50.6 Å². The van der Waals surface area contributed by atoms with Gasteiger partial charge in [0.05, 0.1) is 6.10 Å². The predicted molar refractivity (Wildman–Crippen MR) is 84.8 cm³/mol. The Morgan fingerprint density at radius 2 is 1.89 bits per heavy atom. The Balaban J connectivity index is 1.81. The molecule has 0 fully saturated rings. The van der Waals surface area contributed by atoms with Crippen LogP contribution in [-0.2, 0) is 13.1 Å². The molecule has 19 heavy (non-hydrogen) atoms. The van der Waals surface area contributed by atoms with E-state index >= 15 is 0 Å². The molecule has 0 bridgehead atoms. The molecule has 0 saturated carbocycles. The Morgan fingerprint density at radius 3 is 2.47 bits per heavy atom. The highest BCUT2D eigenvalue weighted by Crippen LogP contribution is 2.22. The fraction of sp³-hybridized carbons (Fsp3) is 0.333. The van der Waals surface area contributed by atoms with E-state index in [9.17, 15) is 0 Å². The largest absolute Gasteiger partial charge is 0.491 e. The van der Waals surface area contributed by atoms with Crippen LogP contribution in [0.1, 0.15) is 24.3 Å². The molecule has 0 aliphatic carbocycles. The molecule has 1 N–H and O–H groups in total. The van der Waals surface area contributed by atoms with Crippen LogP contribution in [0.4, 0.5) is 0 Å². The van der Waals surface area contributed by atoms with Gasteiger partial charge in [0, 0.05) is 22.4 Å². The van der Waals surface area contributed by atoms with Gasteiger partial charge in [0.15, 0.2) is 0 Å². The highest BCUT2D eigenvalue weighted by Gasteiger charge is 2.01. The molecule has 2 rings (SSSR count). The maximum atomic E-state index is 5.62. The van der Waals surface area contributed by atoms with E-state index in [-0.39, 0.29) is 6.10 Å². The molecule has 2 nitrogen and oxygen atoms in total. The quantitative estimate of drug-likeness (QED) is 0.831. The van der Waals surface area contributed by atoms with Gasteiger partial charge >= 0.3 is 0 Å². The van der Waals surface area contributed by atoms with Crippen molar-refractivity contribution in [2.45, 2.75) is 33.0 Å². The van der Waals surface area contributed by atoms with Crippen molar-refractivity contribution in [3.63, 3.8) is 0 Å². The molecule has 4 heteroatoms. The van der Waals surface area contributed by atoms with E-state index in [1.165, 1.54) is 14.9 Å². The van der Waals surface area contributed by atoms with Gasteiger partial charge in [0.25, 0.3) is 0 Å². The number of hydrogen-bond donors (Lipinski definition) is 1. The summed E-state index contributed by atoms with van der Waals surface area (Å²) in [7, 11) is 0. The number of halogens is 1. The molecule has 0 spiro atoms. The van der Waals surface area contributed by atoms with Crippen LogP contribution in [0.3, 0.4) is 0 Å². The molecule has 0 radical (unpaired) electrons. The van der Waals surface area contributed by atoms with Crippen LogP contribution in [0.25, 0.3) is 0 Å². The zero-order valence-corrected chi connectivity index (χ0v) is 13.6. The Morgan fingerprint density at radius 1 is 1.16 bits per heavy atom. The predicted octanol–water partition coefficient (Wildman–Crippen LogP) is 4.59. The summed E-state index contributed by atoms with van der Waals surface area (Å²) in [5.41, 5.74) is 1.27. The van der Waals surface area contributed by atoms with E-state index in [1.54, 1.807) is 11.3 Å². The summed E-state index contributed by atoms with van der Waals surface area (Å²) in [5.74, 6) is 0.930. The maximum absolute atomic E-state index is 5.62. The first-order chi connectivity index (χ1) is 9.15. The summed E-state index contributed by atoms with van der Waals surface area (Å²) in [6.07, 6.45) is 0.222. The van der Waals surface area contributed by atoms with Crippen LogP contribution in [0.5, 0.6) is 5.75 Å².